The number of carboxylic acid groups (broad SMARTS) is 1. The molecule has 0 saturated heterocycles. The maximum Gasteiger partial charge on any atom is 0.339 e. The number of carbonyl (C=O) groups is 1. The van der Waals surface area contributed by atoms with Gasteiger partial charge >= 0.3 is 5.97 Å². The van der Waals surface area contributed by atoms with Gasteiger partial charge in [0, 0.05) is 10.8 Å². The van der Waals surface area contributed by atoms with Gasteiger partial charge in [0.1, 0.15) is 17.3 Å². The highest BCUT2D eigenvalue weighted by Crippen LogP contribution is 2.72. The fourth-order valence-corrected chi connectivity index (χ4v) is 3.40. The Morgan fingerprint density at radius 2 is 1.47 bits per heavy atom. The fraction of sp³-hybridized carbons (Fsp3) is 0.917. The van der Waals surface area contributed by atoms with E-state index < -0.39 is 45.8 Å². The molecule has 1 unspecified atom stereocenters. The minimum Gasteiger partial charge on any atom is -0.479 e. The van der Waals surface area contributed by atoms with Crippen molar-refractivity contribution < 1.29 is 35.4 Å². The van der Waals surface area contributed by atoms with Crippen LogP contribution in [0.2, 0.25) is 0 Å². The molecule has 0 radical (unpaired) electrons. The van der Waals surface area contributed by atoms with Crippen molar-refractivity contribution in [2.24, 2.45) is 10.8 Å². The first kappa shape index (κ1) is 14.7. The second-order valence-corrected chi connectivity index (χ2v) is 6.76. The molecule has 6 N–H and O–H groups in total. The van der Waals surface area contributed by atoms with Crippen LogP contribution in [-0.4, -0.2) is 65.6 Å². The number of aliphatic hydroxyl groups is 5. The molecule has 7 heteroatoms. The monoisotopic (exact) mass is 276 g/mol. The zero-order valence-electron chi connectivity index (χ0n) is 11.2. The molecule has 0 aliphatic heterocycles. The summed E-state index contributed by atoms with van der Waals surface area (Å²) >= 11 is 0. The van der Waals surface area contributed by atoms with Gasteiger partial charge in [-0.3, -0.25) is 0 Å². The van der Waals surface area contributed by atoms with Crippen LogP contribution in [0.15, 0.2) is 0 Å². The molecule has 2 saturated carbocycles. The van der Waals surface area contributed by atoms with Gasteiger partial charge < -0.3 is 30.6 Å². The summed E-state index contributed by atoms with van der Waals surface area (Å²) in [5.74, 6) is -1.68. The van der Waals surface area contributed by atoms with Gasteiger partial charge in [-0.25, -0.2) is 4.79 Å². The van der Waals surface area contributed by atoms with Gasteiger partial charge in [0.2, 0.25) is 5.60 Å². The van der Waals surface area contributed by atoms with Crippen molar-refractivity contribution >= 4 is 5.97 Å². The third-order valence-corrected chi connectivity index (χ3v) is 5.52. The van der Waals surface area contributed by atoms with Gasteiger partial charge in [-0.05, 0) is 0 Å². The van der Waals surface area contributed by atoms with Gasteiger partial charge in [0.05, 0.1) is 6.10 Å². The molecule has 19 heavy (non-hydrogen) atoms. The molecular formula is C12H20O7. The highest BCUT2D eigenvalue weighted by molar-refractivity contribution is 5.87. The van der Waals surface area contributed by atoms with Crippen LogP contribution in [0.25, 0.3) is 0 Å². The summed E-state index contributed by atoms with van der Waals surface area (Å²) in [6, 6.07) is 0. The largest absolute Gasteiger partial charge is 0.479 e. The Morgan fingerprint density at radius 1 is 1.11 bits per heavy atom. The molecule has 5 atom stereocenters. The van der Waals surface area contributed by atoms with Crippen LogP contribution < -0.4 is 0 Å². The van der Waals surface area contributed by atoms with Crippen molar-refractivity contribution in [2.45, 2.75) is 56.7 Å². The molecule has 0 bridgehead atoms. The number of aliphatic hydroxyl groups excluding tert-OH is 2. The van der Waals surface area contributed by atoms with E-state index in [-0.39, 0.29) is 0 Å². The van der Waals surface area contributed by atoms with E-state index in [0.29, 0.717) is 0 Å². The van der Waals surface area contributed by atoms with E-state index in [9.17, 15) is 30.3 Å². The molecule has 2 aliphatic rings. The average molecular weight is 276 g/mol. The highest BCUT2D eigenvalue weighted by Gasteiger charge is 2.94. The van der Waals surface area contributed by atoms with Gasteiger partial charge in [-0.2, -0.15) is 0 Å². The van der Waals surface area contributed by atoms with E-state index in [1.54, 1.807) is 0 Å². The van der Waals surface area contributed by atoms with Crippen LogP contribution in [0.5, 0.6) is 0 Å². The maximum atomic E-state index is 11.1. The van der Waals surface area contributed by atoms with E-state index >= 15 is 0 Å². The van der Waals surface area contributed by atoms with Crippen molar-refractivity contribution in [1.29, 1.82) is 0 Å². The lowest BCUT2D eigenvalue weighted by atomic mass is 9.92. The van der Waals surface area contributed by atoms with Crippen molar-refractivity contribution in [3.05, 3.63) is 0 Å². The van der Waals surface area contributed by atoms with Crippen molar-refractivity contribution in [3.8, 4) is 0 Å². The summed E-state index contributed by atoms with van der Waals surface area (Å²) in [4.78, 5) is 11.1. The Morgan fingerprint density at radius 3 is 1.68 bits per heavy atom. The quantitative estimate of drug-likeness (QED) is 0.353. The standard InChI is InChI=1S/C12H20O7/c1-8(2)5(13)10(8,17)6(14)11(18)9(3,4)12(11,19)7(15)16/h5-6,13-14,17-19H,1-4H3,(H,15,16)/t5?,6-,10-,11-,12+/m1/s1. The zero-order chi connectivity index (χ0) is 15.2. The number of hydrogen-bond donors (Lipinski definition) is 6. The summed E-state index contributed by atoms with van der Waals surface area (Å²) in [5, 5.41) is 59.7. The number of hydrogen-bond acceptors (Lipinski definition) is 6. The van der Waals surface area contributed by atoms with E-state index in [1.165, 1.54) is 27.7 Å². The molecule has 0 amide bonds. The molecular weight excluding hydrogens is 256 g/mol. The van der Waals surface area contributed by atoms with Crippen molar-refractivity contribution in [1.82, 2.24) is 0 Å². The Balaban J connectivity index is 2.43. The Hall–Kier alpha value is -0.730. The smallest absolute Gasteiger partial charge is 0.339 e. The van der Waals surface area contributed by atoms with Gasteiger partial charge in [0.15, 0.2) is 0 Å². The SMILES string of the molecule is CC1(C)C(O)[C@@]1(O)[C@@H](O)[C@@]1(O)C(C)(C)[C@@]1(O)C(=O)O. The zero-order valence-corrected chi connectivity index (χ0v) is 11.2. The minimum absolute atomic E-state index is 1.10. The molecule has 0 aromatic heterocycles. The van der Waals surface area contributed by atoms with Crippen LogP contribution in [0, 0.1) is 10.8 Å². The topological polar surface area (TPSA) is 138 Å². The molecule has 0 aromatic carbocycles. The van der Waals surface area contributed by atoms with E-state index in [4.69, 9.17) is 5.11 Å². The first-order valence-electron chi connectivity index (χ1n) is 6.02. The van der Waals surface area contributed by atoms with E-state index in [1.807, 2.05) is 0 Å². The third kappa shape index (κ3) is 1.07. The molecule has 110 valence electrons. The number of carboxylic acids is 1. The van der Waals surface area contributed by atoms with Crippen molar-refractivity contribution in [3.63, 3.8) is 0 Å². The summed E-state index contributed by atoms with van der Waals surface area (Å²) in [6.45, 7) is 5.49. The van der Waals surface area contributed by atoms with Crippen LogP contribution >= 0.6 is 0 Å². The normalized spacial score (nSPS) is 51.5. The van der Waals surface area contributed by atoms with E-state index in [2.05, 4.69) is 0 Å². The van der Waals surface area contributed by atoms with Gasteiger partial charge in [-0.15, -0.1) is 0 Å². The number of rotatable bonds is 3. The van der Waals surface area contributed by atoms with E-state index in [0.717, 1.165) is 0 Å². The van der Waals surface area contributed by atoms with Crippen molar-refractivity contribution in [2.75, 3.05) is 0 Å². The fourth-order valence-electron chi connectivity index (χ4n) is 3.40. The molecule has 2 fully saturated rings. The van der Waals surface area contributed by atoms with Crippen LogP contribution in [-0.2, 0) is 4.79 Å². The summed E-state index contributed by atoms with van der Waals surface area (Å²) in [6.07, 6.45) is -3.30. The summed E-state index contributed by atoms with van der Waals surface area (Å²) in [5.41, 5.74) is -9.72. The first-order chi connectivity index (χ1) is 8.25. The van der Waals surface area contributed by atoms with Crippen LogP contribution in [0.3, 0.4) is 0 Å². The Labute approximate surface area is 110 Å². The maximum absolute atomic E-state index is 11.1. The lowest BCUT2D eigenvalue weighted by molar-refractivity contribution is -0.168. The van der Waals surface area contributed by atoms with Gasteiger partial charge in [-0.1, -0.05) is 27.7 Å². The molecule has 0 spiro atoms. The lowest BCUT2D eigenvalue weighted by Crippen LogP contribution is -2.51. The number of aliphatic carboxylic acids is 1. The van der Waals surface area contributed by atoms with Crippen LogP contribution in [0.1, 0.15) is 27.7 Å². The first-order valence-corrected chi connectivity index (χ1v) is 6.02. The second-order valence-electron chi connectivity index (χ2n) is 6.76. The predicted molar refractivity (Wildman–Crippen MR) is 62.1 cm³/mol. The molecule has 7 nitrogen and oxygen atoms in total. The Kier molecular flexibility index (Phi) is 2.41. The summed E-state index contributed by atoms with van der Waals surface area (Å²) in [7, 11) is 0. The lowest BCUT2D eigenvalue weighted by Gasteiger charge is -2.27. The highest BCUT2D eigenvalue weighted by atomic mass is 16.5. The average Bonchev–Trinajstić information content (AvgIpc) is 2.86. The molecule has 0 aromatic rings. The van der Waals surface area contributed by atoms with Gasteiger partial charge in [0.25, 0.3) is 0 Å². The third-order valence-electron chi connectivity index (χ3n) is 5.52. The predicted octanol–water partition coefficient (Wildman–Crippen LogP) is -1.93. The summed E-state index contributed by atoms with van der Waals surface area (Å²) < 4.78 is 0. The molecule has 0 heterocycles. The minimum atomic E-state index is -2.58. The van der Waals surface area contributed by atoms with Crippen LogP contribution in [0.4, 0.5) is 0 Å². The molecule has 2 aliphatic carbocycles. The molecule has 2 rings (SSSR count). The second kappa shape index (κ2) is 3.12. The Bertz CT molecular complexity index is 459.